The van der Waals surface area contributed by atoms with E-state index in [4.69, 9.17) is 4.74 Å². The van der Waals surface area contributed by atoms with Crippen LogP contribution in [-0.4, -0.2) is 43.2 Å². The van der Waals surface area contributed by atoms with Crippen molar-refractivity contribution in [1.82, 2.24) is 10.2 Å². The summed E-state index contributed by atoms with van der Waals surface area (Å²) >= 11 is 0. The molecule has 20 heavy (non-hydrogen) atoms. The van der Waals surface area contributed by atoms with Crippen LogP contribution in [-0.2, 0) is 9.53 Å². The number of hydrogen-bond donors (Lipinski definition) is 1. The number of nitrogens with one attached hydrogen (secondary N) is 1. The number of amides is 1. The molecule has 0 spiro atoms. The van der Waals surface area contributed by atoms with Gasteiger partial charge in [-0.1, -0.05) is 24.3 Å². The second kappa shape index (κ2) is 5.94. The Bertz CT molecular complexity index is 483. The Morgan fingerprint density at radius 1 is 1.40 bits per heavy atom. The molecule has 1 aromatic rings. The van der Waals surface area contributed by atoms with Gasteiger partial charge in [0.2, 0.25) is 0 Å². The molecule has 0 aliphatic carbocycles. The van der Waals surface area contributed by atoms with Crippen molar-refractivity contribution in [2.24, 2.45) is 0 Å². The number of nitrogens with zero attached hydrogens (tertiary/aromatic N) is 1. The number of hydrogen-bond acceptors (Lipinski definition) is 3. The van der Waals surface area contributed by atoms with Gasteiger partial charge in [-0.05, 0) is 30.9 Å². The number of morpholine rings is 1. The van der Waals surface area contributed by atoms with Crippen molar-refractivity contribution in [2.75, 3.05) is 26.2 Å². The number of rotatable bonds is 2. The third-order valence-electron chi connectivity index (χ3n) is 4.29. The topological polar surface area (TPSA) is 41.6 Å². The first-order valence-electron chi connectivity index (χ1n) is 7.45. The Morgan fingerprint density at radius 2 is 2.25 bits per heavy atom. The zero-order valence-corrected chi connectivity index (χ0v) is 12.0. The van der Waals surface area contributed by atoms with Gasteiger partial charge >= 0.3 is 0 Å². The van der Waals surface area contributed by atoms with E-state index >= 15 is 0 Å². The molecule has 1 aromatic carbocycles. The number of ether oxygens (including phenoxy) is 1. The van der Waals surface area contributed by atoms with Crippen LogP contribution in [0.15, 0.2) is 24.3 Å². The maximum atomic E-state index is 12.7. The van der Waals surface area contributed by atoms with E-state index in [-0.39, 0.29) is 18.1 Å². The van der Waals surface area contributed by atoms with Crippen molar-refractivity contribution in [1.29, 1.82) is 0 Å². The number of carbonyl (C=O) groups is 1. The molecule has 2 aliphatic rings. The van der Waals surface area contributed by atoms with Crippen molar-refractivity contribution in [3.63, 3.8) is 0 Å². The Morgan fingerprint density at radius 3 is 3.00 bits per heavy atom. The van der Waals surface area contributed by atoms with Crippen LogP contribution >= 0.6 is 0 Å². The van der Waals surface area contributed by atoms with E-state index in [2.05, 4.69) is 30.4 Å². The van der Waals surface area contributed by atoms with E-state index in [1.54, 1.807) is 0 Å². The lowest BCUT2D eigenvalue weighted by Crippen LogP contribution is -2.49. The molecular weight excluding hydrogens is 252 g/mol. The van der Waals surface area contributed by atoms with E-state index in [0.717, 1.165) is 25.9 Å². The molecule has 2 heterocycles. The first-order chi connectivity index (χ1) is 9.77. The second-order valence-electron chi connectivity index (χ2n) is 5.61. The van der Waals surface area contributed by atoms with Crippen LogP contribution in [0.3, 0.4) is 0 Å². The summed E-state index contributed by atoms with van der Waals surface area (Å²) < 4.78 is 5.61. The van der Waals surface area contributed by atoms with Gasteiger partial charge in [0.15, 0.2) is 0 Å². The highest BCUT2D eigenvalue weighted by Gasteiger charge is 2.35. The highest BCUT2D eigenvalue weighted by molar-refractivity contribution is 5.82. The minimum Gasteiger partial charge on any atom is -0.366 e. The van der Waals surface area contributed by atoms with Crippen LogP contribution in [0.5, 0.6) is 0 Å². The first kappa shape index (κ1) is 13.6. The van der Waals surface area contributed by atoms with E-state index < -0.39 is 0 Å². The molecule has 0 aromatic heterocycles. The van der Waals surface area contributed by atoms with Gasteiger partial charge in [0, 0.05) is 19.6 Å². The molecular formula is C16H22N2O2. The lowest BCUT2D eigenvalue weighted by molar-refractivity contribution is -0.146. The highest BCUT2D eigenvalue weighted by atomic mass is 16.5. The van der Waals surface area contributed by atoms with E-state index in [1.165, 1.54) is 11.1 Å². The SMILES string of the molecule is Cc1ccccc1[C@H]1CCCN1C(=O)[C@@H]1CNCCO1. The summed E-state index contributed by atoms with van der Waals surface area (Å²) in [7, 11) is 0. The zero-order chi connectivity index (χ0) is 13.9. The lowest BCUT2D eigenvalue weighted by atomic mass is 9.99. The van der Waals surface area contributed by atoms with Crippen LogP contribution in [0.1, 0.15) is 30.0 Å². The minimum absolute atomic E-state index is 0.142. The third kappa shape index (κ3) is 2.58. The fraction of sp³-hybridized carbons (Fsp3) is 0.562. The molecule has 0 saturated carbocycles. The summed E-state index contributed by atoms with van der Waals surface area (Å²) in [4.78, 5) is 14.7. The van der Waals surface area contributed by atoms with Crippen molar-refractivity contribution in [3.05, 3.63) is 35.4 Å². The molecule has 4 heteroatoms. The number of benzene rings is 1. The Labute approximate surface area is 120 Å². The van der Waals surface area contributed by atoms with Crippen molar-refractivity contribution in [3.8, 4) is 0 Å². The Kier molecular flexibility index (Phi) is 4.03. The lowest BCUT2D eigenvalue weighted by Gasteiger charge is -2.31. The third-order valence-corrected chi connectivity index (χ3v) is 4.29. The summed E-state index contributed by atoms with van der Waals surface area (Å²) in [5.74, 6) is 0.142. The van der Waals surface area contributed by atoms with Gasteiger partial charge < -0.3 is 15.0 Å². The number of carbonyl (C=O) groups excluding carboxylic acids is 1. The zero-order valence-electron chi connectivity index (χ0n) is 12.0. The summed E-state index contributed by atoms with van der Waals surface area (Å²) in [6, 6.07) is 8.59. The molecule has 0 bridgehead atoms. The Balaban J connectivity index is 1.78. The smallest absolute Gasteiger partial charge is 0.253 e. The maximum absolute atomic E-state index is 12.7. The van der Waals surface area contributed by atoms with Crippen LogP contribution in [0, 0.1) is 6.92 Å². The molecule has 3 rings (SSSR count). The largest absolute Gasteiger partial charge is 0.366 e. The molecule has 108 valence electrons. The summed E-state index contributed by atoms with van der Waals surface area (Å²) in [5.41, 5.74) is 2.54. The molecule has 2 atom stereocenters. The summed E-state index contributed by atoms with van der Waals surface area (Å²) in [6.07, 6.45) is 1.81. The average Bonchev–Trinajstić information content (AvgIpc) is 2.97. The van der Waals surface area contributed by atoms with Crippen molar-refractivity contribution < 1.29 is 9.53 Å². The van der Waals surface area contributed by atoms with Gasteiger partial charge in [-0.2, -0.15) is 0 Å². The number of likely N-dealkylation sites (tertiary alicyclic amines) is 1. The molecule has 4 nitrogen and oxygen atoms in total. The fourth-order valence-corrected chi connectivity index (χ4v) is 3.22. The first-order valence-corrected chi connectivity index (χ1v) is 7.45. The van der Waals surface area contributed by atoms with Crippen LogP contribution < -0.4 is 5.32 Å². The summed E-state index contributed by atoms with van der Waals surface area (Å²) in [6.45, 7) is 5.06. The van der Waals surface area contributed by atoms with Gasteiger partial charge in [0.05, 0.1) is 12.6 Å². The standard InChI is InChI=1S/C16H22N2O2/c1-12-5-2-3-6-13(12)14-7-4-9-18(14)16(19)15-11-17-8-10-20-15/h2-3,5-6,14-15,17H,4,7-11H2,1H3/t14-,15+/m1/s1. The van der Waals surface area contributed by atoms with Gasteiger partial charge in [-0.25, -0.2) is 0 Å². The quantitative estimate of drug-likeness (QED) is 0.891. The highest BCUT2D eigenvalue weighted by Crippen LogP contribution is 2.34. The van der Waals surface area contributed by atoms with Crippen LogP contribution in [0.2, 0.25) is 0 Å². The van der Waals surface area contributed by atoms with Gasteiger partial charge in [-0.15, -0.1) is 0 Å². The van der Waals surface area contributed by atoms with Crippen molar-refractivity contribution >= 4 is 5.91 Å². The summed E-state index contributed by atoms with van der Waals surface area (Å²) in [5, 5.41) is 3.23. The van der Waals surface area contributed by atoms with E-state index in [9.17, 15) is 4.79 Å². The van der Waals surface area contributed by atoms with Gasteiger partial charge in [-0.3, -0.25) is 4.79 Å². The van der Waals surface area contributed by atoms with Gasteiger partial charge in [0.1, 0.15) is 6.10 Å². The Hall–Kier alpha value is -1.39. The molecule has 2 saturated heterocycles. The number of aryl methyl sites for hydroxylation is 1. The van der Waals surface area contributed by atoms with Crippen LogP contribution in [0.4, 0.5) is 0 Å². The maximum Gasteiger partial charge on any atom is 0.253 e. The minimum atomic E-state index is -0.312. The molecule has 2 fully saturated rings. The van der Waals surface area contributed by atoms with Gasteiger partial charge in [0.25, 0.3) is 5.91 Å². The monoisotopic (exact) mass is 274 g/mol. The molecule has 2 aliphatic heterocycles. The van der Waals surface area contributed by atoms with E-state index in [1.807, 2.05) is 11.0 Å². The predicted octanol–water partition coefficient (Wildman–Crippen LogP) is 1.65. The normalized spacial score (nSPS) is 26.8. The van der Waals surface area contributed by atoms with E-state index in [0.29, 0.717) is 13.2 Å². The van der Waals surface area contributed by atoms with Crippen LogP contribution in [0.25, 0.3) is 0 Å². The second-order valence-corrected chi connectivity index (χ2v) is 5.61. The predicted molar refractivity (Wildman–Crippen MR) is 77.5 cm³/mol. The molecule has 0 unspecified atom stereocenters. The van der Waals surface area contributed by atoms with Crippen molar-refractivity contribution in [2.45, 2.75) is 31.9 Å². The molecule has 1 N–H and O–H groups in total. The fourth-order valence-electron chi connectivity index (χ4n) is 3.22. The average molecular weight is 274 g/mol. The molecule has 1 amide bonds. The molecule has 0 radical (unpaired) electrons.